The minimum atomic E-state index is 0.420. The van der Waals surface area contributed by atoms with Crippen molar-refractivity contribution in [1.82, 2.24) is 10.2 Å². The molecular formula is C16H30N2O. The average Bonchev–Trinajstić information content (AvgIpc) is 2.47. The molecular weight excluding hydrogens is 236 g/mol. The van der Waals surface area contributed by atoms with E-state index in [1.54, 1.807) is 0 Å². The maximum atomic E-state index is 12.4. The fourth-order valence-electron chi connectivity index (χ4n) is 3.60. The van der Waals surface area contributed by atoms with Gasteiger partial charge >= 0.3 is 0 Å². The first kappa shape index (κ1) is 14.8. The summed E-state index contributed by atoms with van der Waals surface area (Å²) in [6.45, 7) is 5.51. The van der Waals surface area contributed by atoms with Crippen LogP contribution in [0.3, 0.4) is 0 Å². The molecule has 2 heterocycles. The first-order chi connectivity index (χ1) is 9.31. The number of amides is 1. The molecule has 2 atom stereocenters. The van der Waals surface area contributed by atoms with Gasteiger partial charge in [-0.25, -0.2) is 0 Å². The van der Waals surface area contributed by atoms with Crippen LogP contribution in [0, 0.1) is 5.92 Å². The van der Waals surface area contributed by atoms with Crippen molar-refractivity contribution in [2.45, 2.75) is 70.8 Å². The fraction of sp³-hybridized carbons (Fsp3) is 0.938. The van der Waals surface area contributed by atoms with Crippen molar-refractivity contribution in [3.8, 4) is 0 Å². The lowest BCUT2D eigenvalue weighted by atomic mass is 9.93. The lowest BCUT2D eigenvalue weighted by molar-refractivity contribution is -0.135. The average molecular weight is 266 g/mol. The number of nitrogens with one attached hydrogen (secondary N) is 1. The second-order valence-corrected chi connectivity index (χ2v) is 6.28. The highest BCUT2D eigenvalue weighted by molar-refractivity contribution is 5.76. The molecule has 2 aliphatic heterocycles. The molecule has 2 saturated heterocycles. The largest absolute Gasteiger partial charge is 0.340 e. The van der Waals surface area contributed by atoms with E-state index in [4.69, 9.17) is 0 Å². The molecule has 0 saturated carbocycles. The molecule has 1 N–H and O–H groups in total. The van der Waals surface area contributed by atoms with E-state index >= 15 is 0 Å². The van der Waals surface area contributed by atoms with Crippen molar-refractivity contribution in [1.29, 1.82) is 0 Å². The van der Waals surface area contributed by atoms with Crippen LogP contribution >= 0.6 is 0 Å². The van der Waals surface area contributed by atoms with Gasteiger partial charge in [-0.15, -0.1) is 0 Å². The Morgan fingerprint density at radius 1 is 1.21 bits per heavy atom. The molecule has 0 aromatic heterocycles. The van der Waals surface area contributed by atoms with Gasteiger partial charge < -0.3 is 10.2 Å². The molecule has 2 rings (SSSR count). The number of rotatable bonds is 5. The SMILES string of the molecule is CCCC1CCCCN1C(=O)CCC1CCCNC1. The Morgan fingerprint density at radius 3 is 2.84 bits per heavy atom. The van der Waals surface area contributed by atoms with Gasteiger partial charge in [0.05, 0.1) is 0 Å². The number of hydrogen-bond acceptors (Lipinski definition) is 2. The van der Waals surface area contributed by atoms with Crippen LogP contribution in [-0.2, 0) is 4.79 Å². The normalized spacial score (nSPS) is 28.4. The highest BCUT2D eigenvalue weighted by Gasteiger charge is 2.26. The summed E-state index contributed by atoms with van der Waals surface area (Å²) >= 11 is 0. The zero-order valence-corrected chi connectivity index (χ0v) is 12.5. The van der Waals surface area contributed by atoms with Gasteiger partial charge in [-0.3, -0.25) is 4.79 Å². The van der Waals surface area contributed by atoms with Gasteiger partial charge in [0.2, 0.25) is 5.91 Å². The van der Waals surface area contributed by atoms with E-state index in [-0.39, 0.29) is 0 Å². The molecule has 0 aliphatic carbocycles. The molecule has 1 amide bonds. The molecule has 0 aromatic carbocycles. The summed E-state index contributed by atoms with van der Waals surface area (Å²) in [5.74, 6) is 1.15. The number of likely N-dealkylation sites (tertiary alicyclic amines) is 1. The van der Waals surface area contributed by atoms with Gasteiger partial charge in [0.15, 0.2) is 0 Å². The summed E-state index contributed by atoms with van der Waals surface area (Å²) in [5, 5.41) is 3.44. The zero-order chi connectivity index (χ0) is 13.5. The van der Waals surface area contributed by atoms with Crippen LogP contribution < -0.4 is 5.32 Å². The molecule has 0 bridgehead atoms. The molecule has 0 aromatic rings. The van der Waals surface area contributed by atoms with Crippen molar-refractivity contribution >= 4 is 5.91 Å². The molecule has 0 radical (unpaired) electrons. The molecule has 0 spiro atoms. The summed E-state index contributed by atoms with van der Waals surface area (Å²) in [6.07, 6.45) is 10.6. The van der Waals surface area contributed by atoms with E-state index in [1.807, 2.05) is 0 Å². The maximum Gasteiger partial charge on any atom is 0.222 e. The van der Waals surface area contributed by atoms with Gasteiger partial charge in [-0.2, -0.15) is 0 Å². The number of piperidine rings is 2. The van der Waals surface area contributed by atoms with E-state index in [1.165, 1.54) is 44.9 Å². The van der Waals surface area contributed by atoms with Crippen molar-refractivity contribution in [2.75, 3.05) is 19.6 Å². The van der Waals surface area contributed by atoms with E-state index in [0.29, 0.717) is 11.9 Å². The minimum absolute atomic E-state index is 0.420. The summed E-state index contributed by atoms with van der Waals surface area (Å²) < 4.78 is 0. The third-order valence-electron chi connectivity index (χ3n) is 4.73. The summed E-state index contributed by atoms with van der Waals surface area (Å²) in [7, 11) is 0. The highest BCUT2D eigenvalue weighted by atomic mass is 16.2. The number of carbonyl (C=O) groups excluding carboxylic acids is 1. The van der Waals surface area contributed by atoms with Crippen LogP contribution in [0.4, 0.5) is 0 Å². The number of nitrogens with zero attached hydrogens (tertiary/aromatic N) is 1. The first-order valence-electron chi connectivity index (χ1n) is 8.31. The minimum Gasteiger partial charge on any atom is -0.340 e. The van der Waals surface area contributed by atoms with Crippen molar-refractivity contribution in [3.05, 3.63) is 0 Å². The quantitative estimate of drug-likeness (QED) is 0.830. The summed E-state index contributed by atoms with van der Waals surface area (Å²) in [6, 6.07) is 0.538. The summed E-state index contributed by atoms with van der Waals surface area (Å²) in [4.78, 5) is 14.6. The third-order valence-corrected chi connectivity index (χ3v) is 4.73. The lowest BCUT2D eigenvalue weighted by Gasteiger charge is -2.36. The summed E-state index contributed by atoms with van der Waals surface area (Å²) in [5.41, 5.74) is 0. The molecule has 2 aliphatic rings. The van der Waals surface area contributed by atoms with Crippen molar-refractivity contribution < 1.29 is 4.79 Å². The van der Waals surface area contributed by atoms with E-state index < -0.39 is 0 Å². The van der Waals surface area contributed by atoms with Crippen LogP contribution in [0.1, 0.15) is 64.7 Å². The molecule has 3 heteroatoms. The fourth-order valence-corrected chi connectivity index (χ4v) is 3.60. The van der Waals surface area contributed by atoms with Crippen LogP contribution in [0.5, 0.6) is 0 Å². The third kappa shape index (κ3) is 4.48. The first-order valence-corrected chi connectivity index (χ1v) is 8.31. The predicted octanol–water partition coefficient (Wildman–Crippen LogP) is 2.95. The Balaban J connectivity index is 1.76. The second-order valence-electron chi connectivity index (χ2n) is 6.28. The monoisotopic (exact) mass is 266 g/mol. The van der Waals surface area contributed by atoms with E-state index in [2.05, 4.69) is 17.1 Å². The van der Waals surface area contributed by atoms with Crippen LogP contribution in [0.15, 0.2) is 0 Å². The predicted molar refractivity (Wildman–Crippen MR) is 79.1 cm³/mol. The van der Waals surface area contributed by atoms with Gasteiger partial charge in [-0.05, 0) is 64.0 Å². The number of carbonyl (C=O) groups is 1. The standard InChI is InChI=1S/C16H30N2O/c1-2-6-15-8-3-4-12-18(15)16(19)10-9-14-7-5-11-17-13-14/h14-15,17H,2-13H2,1H3. The van der Waals surface area contributed by atoms with Crippen LogP contribution in [0.25, 0.3) is 0 Å². The number of hydrogen-bond donors (Lipinski definition) is 1. The molecule has 2 unspecified atom stereocenters. The van der Waals surface area contributed by atoms with Crippen LogP contribution in [0.2, 0.25) is 0 Å². The Morgan fingerprint density at radius 2 is 2.11 bits per heavy atom. The molecule has 110 valence electrons. The Labute approximate surface area is 118 Å². The van der Waals surface area contributed by atoms with Gasteiger partial charge in [0.25, 0.3) is 0 Å². The van der Waals surface area contributed by atoms with Gasteiger partial charge in [0.1, 0.15) is 0 Å². The smallest absolute Gasteiger partial charge is 0.222 e. The Hall–Kier alpha value is -0.570. The Bertz CT molecular complexity index is 272. The van der Waals surface area contributed by atoms with E-state index in [9.17, 15) is 4.79 Å². The zero-order valence-electron chi connectivity index (χ0n) is 12.5. The van der Waals surface area contributed by atoms with Gasteiger partial charge in [0, 0.05) is 19.0 Å². The second kappa shape index (κ2) is 7.88. The molecule has 3 nitrogen and oxygen atoms in total. The topological polar surface area (TPSA) is 32.3 Å². The van der Waals surface area contributed by atoms with Crippen molar-refractivity contribution in [2.24, 2.45) is 5.92 Å². The van der Waals surface area contributed by atoms with Crippen molar-refractivity contribution in [3.63, 3.8) is 0 Å². The maximum absolute atomic E-state index is 12.4. The highest BCUT2D eigenvalue weighted by Crippen LogP contribution is 2.23. The lowest BCUT2D eigenvalue weighted by Crippen LogP contribution is -2.44. The van der Waals surface area contributed by atoms with E-state index in [0.717, 1.165) is 38.4 Å². The van der Waals surface area contributed by atoms with Crippen LogP contribution in [-0.4, -0.2) is 36.5 Å². The van der Waals surface area contributed by atoms with Gasteiger partial charge in [-0.1, -0.05) is 13.3 Å². The Kier molecular flexibility index (Phi) is 6.15. The molecule has 2 fully saturated rings. The molecule has 19 heavy (non-hydrogen) atoms.